The van der Waals surface area contributed by atoms with Crippen molar-refractivity contribution in [2.45, 2.75) is 44.1 Å². The van der Waals surface area contributed by atoms with Gasteiger partial charge in [-0.15, -0.1) is 0 Å². The standard InChI is InChI=1S/C24H29N3O/c28-23(20-7-4-12-25-16-20)26-13-10-24(11-14-26)15-21(19-5-2-1-3-6-19)17-27(18-24)22-8-9-22/h1-7,12,16,21-22H,8-11,13-15,17-18H2/t21-/m0/s1. The van der Waals surface area contributed by atoms with E-state index < -0.39 is 0 Å². The molecule has 1 atom stereocenters. The summed E-state index contributed by atoms with van der Waals surface area (Å²) in [7, 11) is 0. The third-order valence-electron chi connectivity index (χ3n) is 7.03. The molecule has 3 fully saturated rings. The van der Waals surface area contributed by atoms with Crippen LogP contribution in [0.5, 0.6) is 0 Å². The van der Waals surface area contributed by atoms with E-state index in [-0.39, 0.29) is 5.91 Å². The normalized spacial score (nSPS) is 25.0. The van der Waals surface area contributed by atoms with Crippen molar-refractivity contribution < 1.29 is 4.79 Å². The summed E-state index contributed by atoms with van der Waals surface area (Å²) in [6, 6.07) is 15.6. The Morgan fingerprint density at radius 1 is 1.04 bits per heavy atom. The molecule has 3 heterocycles. The van der Waals surface area contributed by atoms with E-state index in [1.165, 1.54) is 37.9 Å². The lowest BCUT2D eigenvalue weighted by Gasteiger charge is -2.50. The number of hydrogen-bond donors (Lipinski definition) is 0. The second kappa shape index (κ2) is 7.32. The van der Waals surface area contributed by atoms with Gasteiger partial charge in [0.05, 0.1) is 5.56 Å². The number of benzene rings is 1. The van der Waals surface area contributed by atoms with E-state index in [4.69, 9.17) is 0 Å². The smallest absolute Gasteiger partial charge is 0.255 e. The predicted molar refractivity (Wildman–Crippen MR) is 110 cm³/mol. The van der Waals surface area contributed by atoms with Gasteiger partial charge in [0.15, 0.2) is 0 Å². The molecule has 5 rings (SSSR count). The number of likely N-dealkylation sites (tertiary alicyclic amines) is 2. The molecule has 0 radical (unpaired) electrons. The van der Waals surface area contributed by atoms with Crippen LogP contribution in [0.15, 0.2) is 54.9 Å². The number of carbonyl (C=O) groups excluding carboxylic acids is 1. The maximum atomic E-state index is 12.8. The van der Waals surface area contributed by atoms with Gasteiger partial charge in [-0.1, -0.05) is 30.3 Å². The number of nitrogens with zero attached hydrogens (tertiary/aromatic N) is 3. The molecular formula is C24H29N3O. The summed E-state index contributed by atoms with van der Waals surface area (Å²) in [5.41, 5.74) is 2.55. The summed E-state index contributed by atoms with van der Waals surface area (Å²) in [6.07, 6.45) is 9.63. The van der Waals surface area contributed by atoms with Gasteiger partial charge < -0.3 is 4.90 Å². The number of pyridine rings is 1. The van der Waals surface area contributed by atoms with Gasteiger partial charge in [0.1, 0.15) is 0 Å². The van der Waals surface area contributed by atoms with Gasteiger partial charge in [0.25, 0.3) is 5.91 Å². The zero-order valence-corrected chi connectivity index (χ0v) is 16.5. The summed E-state index contributed by atoms with van der Waals surface area (Å²) >= 11 is 0. The van der Waals surface area contributed by atoms with E-state index in [1.807, 2.05) is 17.0 Å². The number of hydrogen-bond acceptors (Lipinski definition) is 3. The number of carbonyl (C=O) groups is 1. The molecule has 1 spiro atoms. The second-order valence-electron chi connectivity index (χ2n) is 9.01. The highest BCUT2D eigenvalue weighted by Gasteiger charge is 2.46. The van der Waals surface area contributed by atoms with Gasteiger partial charge in [-0.05, 0) is 61.1 Å². The average Bonchev–Trinajstić information content (AvgIpc) is 3.60. The zero-order chi connectivity index (χ0) is 19.0. The molecule has 0 bridgehead atoms. The molecule has 4 heteroatoms. The summed E-state index contributed by atoms with van der Waals surface area (Å²) in [4.78, 5) is 21.7. The first-order chi connectivity index (χ1) is 13.7. The summed E-state index contributed by atoms with van der Waals surface area (Å²) in [5, 5.41) is 0. The Labute approximate surface area is 167 Å². The maximum Gasteiger partial charge on any atom is 0.255 e. The highest BCUT2D eigenvalue weighted by Crippen LogP contribution is 2.47. The summed E-state index contributed by atoms with van der Waals surface area (Å²) in [6.45, 7) is 4.16. The van der Waals surface area contributed by atoms with E-state index >= 15 is 0 Å². The van der Waals surface area contributed by atoms with Crippen LogP contribution in [0.4, 0.5) is 0 Å². The van der Waals surface area contributed by atoms with Crippen molar-refractivity contribution >= 4 is 5.91 Å². The SMILES string of the molecule is O=C(c1cccnc1)N1CCC2(CC1)C[C@H](c1ccccc1)CN(C1CC1)C2. The van der Waals surface area contributed by atoms with Crippen LogP contribution >= 0.6 is 0 Å². The Morgan fingerprint density at radius 2 is 1.82 bits per heavy atom. The average molecular weight is 376 g/mol. The number of rotatable bonds is 3. The molecule has 0 N–H and O–H groups in total. The first kappa shape index (κ1) is 17.9. The fourth-order valence-electron chi connectivity index (χ4n) is 5.31. The molecule has 1 aromatic carbocycles. The Kier molecular flexibility index (Phi) is 4.67. The molecule has 28 heavy (non-hydrogen) atoms. The maximum absolute atomic E-state index is 12.8. The topological polar surface area (TPSA) is 36.4 Å². The van der Waals surface area contributed by atoms with Gasteiger partial charge in [-0.25, -0.2) is 0 Å². The fraction of sp³-hybridized carbons (Fsp3) is 0.500. The third-order valence-corrected chi connectivity index (χ3v) is 7.03. The highest BCUT2D eigenvalue weighted by molar-refractivity contribution is 5.93. The fourth-order valence-corrected chi connectivity index (χ4v) is 5.31. The molecule has 1 aliphatic carbocycles. The zero-order valence-electron chi connectivity index (χ0n) is 16.5. The van der Waals surface area contributed by atoms with Crippen LogP contribution in [0, 0.1) is 5.41 Å². The van der Waals surface area contributed by atoms with Crippen LogP contribution in [0.25, 0.3) is 0 Å². The molecule has 2 aliphatic heterocycles. The van der Waals surface area contributed by atoms with Gasteiger partial charge in [0.2, 0.25) is 0 Å². The number of piperidine rings is 2. The number of amides is 1. The van der Waals surface area contributed by atoms with Crippen molar-refractivity contribution in [3.63, 3.8) is 0 Å². The van der Waals surface area contributed by atoms with Crippen molar-refractivity contribution in [2.75, 3.05) is 26.2 Å². The lowest BCUT2D eigenvalue weighted by Crippen LogP contribution is -2.53. The molecule has 2 saturated heterocycles. The lowest BCUT2D eigenvalue weighted by atomic mass is 9.68. The molecule has 2 aromatic rings. The molecule has 1 aromatic heterocycles. The monoisotopic (exact) mass is 375 g/mol. The van der Waals surface area contributed by atoms with Crippen molar-refractivity contribution in [3.05, 3.63) is 66.0 Å². The van der Waals surface area contributed by atoms with Gasteiger partial charge in [0, 0.05) is 44.6 Å². The predicted octanol–water partition coefficient (Wildman–Crippen LogP) is 3.96. The van der Waals surface area contributed by atoms with Crippen LogP contribution in [-0.4, -0.2) is 52.9 Å². The van der Waals surface area contributed by atoms with Crippen LogP contribution < -0.4 is 0 Å². The second-order valence-corrected chi connectivity index (χ2v) is 9.01. The molecular weight excluding hydrogens is 346 g/mol. The van der Waals surface area contributed by atoms with Gasteiger partial charge >= 0.3 is 0 Å². The summed E-state index contributed by atoms with van der Waals surface area (Å²) in [5.74, 6) is 0.758. The Hall–Kier alpha value is -2.20. The minimum Gasteiger partial charge on any atom is -0.339 e. The van der Waals surface area contributed by atoms with E-state index in [0.29, 0.717) is 16.9 Å². The first-order valence-corrected chi connectivity index (χ1v) is 10.7. The molecule has 1 saturated carbocycles. The summed E-state index contributed by atoms with van der Waals surface area (Å²) < 4.78 is 0. The van der Waals surface area contributed by atoms with Crippen molar-refractivity contribution in [2.24, 2.45) is 5.41 Å². The Morgan fingerprint density at radius 3 is 2.50 bits per heavy atom. The van der Waals surface area contributed by atoms with E-state index in [1.54, 1.807) is 12.4 Å². The van der Waals surface area contributed by atoms with Crippen molar-refractivity contribution in [1.82, 2.24) is 14.8 Å². The minimum absolute atomic E-state index is 0.136. The van der Waals surface area contributed by atoms with Crippen LogP contribution in [-0.2, 0) is 0 Å². The highest BCUT2D eigenvalue weighted by atomic mass is 16.2. The van der Waals surface area contributed by atoms with Crippen LogP contribution in [0.1, 0.15) is 53.9 Å². The largest absolute Gasteiger partial charge is 0.339 e. The molecule has 4 nitrogen and oxygen atoms in total. The first-order valence-electron chi connectivity index (χ1n) is 10.7. The number of aromatic nitrogens is 1. The quantitative estimate of drug-likeness (QED) is 0.815. The van der Waals surface area contributed by atoms with E-state index in [2.05, 4.69) is 40.2 Å². The van der Waals surface area contributed by atoms with Crippen molar-refractivity contribution in [3.8, 4) is 0 Å². The third kappa shape index (κ3) is 3.58. The van der Waals surface area contributed by atoms with Crippen LogP contribution in [0.3, 0.4) is 0 Å². The van der Waals surface area contributed by atoms with E-state index in [0.717, 1.165) is 32.0 Å². The minimum atomic E-state index is 0.136. The molecule has 3 aliphatic rings. The van der Waals surface area contributed by atoms with Crippen LogP contribution in [0.2, 0.25) is 0 Å². The Balaban J connectivity index is 1.31. The van der Waals surface area contributed by atoms with E-state index in [9.17, 15) is 4.79 Å². The van der Waals surface area contributed by atoms with Crippen molar-refractivity contribution in [1.29, 1.82) is 0 Å². The molecule has 0 unspecified atom stereocenters. The van der Waals surface area contributed by atoms with Gasteiger partial charge in [-0.3, -0.25) is 14.7 Å². The molecule has 146 valence electrons. The molecule has 1 amide bonds. The Bertz CT molecular complexity index is 810. The van der Waals surface area contributed by atoms with Gasteiger partial charge in [-0.2, -0.15) is 0 Å². The lowest BCUT2D eigenvalue weighted by molar-refractivity contribution is 0.0111.